The van der Waals surface area contributed by atoms with Crippen LogP contribution in [-0.2, 0) is 4.79 Å². The van der Waals surface area contributed by atoms with Crippen LogP contribution in [0, 0.1) is 0 Å². The summed E-state index contributed by atoms with van der Waals surface area (Å²) in [5, 5.41) is 13.1. The number of likely N-dealkylation sites (N-methyl/N-ethyl adjacent to an activating group) is 1. The Morgan fingerprint density at radius 3 is 2.37 bits per heavy atom. The normalized spacial score (nSPS) is 11.7. The summed E-state index contributed by atoms with van der Waals surface area (Å²) in [5.41, 5.74) is -0.440. The smallest absolute Gasteiger partial charge is 0.238 e. The molecule has 2 N–H and O–H groups in total. The molecule has 19 heavy (non-hydrogen) atoms. The summed E-state index contributed by atoms with van der Waals surface area (Å²) in [6.45, 7) is 3.90. The van der Waals surface area contributed by atoms with Crippen LogP contribution in [-0.4, -0.2) is 41.7 Å². The second kappa shape index (κ2) is 6.57. The highest BCUT2D eigenvalue weighted by molar-refractivity contribution is 6.39. The van der Waals surface area contributed by atoms with Gasteiger partial charge in [-0.25, -0.2) is 0 Å². The van der Waals surface area contributed by atoms with Crippen LogP contribution in [0.2, 0.25) is 10.0 Å². The lowest BCUT2D eigenvalue weighted by molar-refractivity contribution is -0.117. The maximum absolute atomic E-state index is 11.9. The van der Waals surface area contributed by atoms with Gasteiger partial charge in [0, 0.05) is 6.54 Å². The van der Waals surface area contributed by atoms with Gasteiger partial charge < -0.3 is 10.4 Å². The van der Waals surface area contributed by atoms with Gasteiger partial charge in [0.05, 0.1) is 27.9 Å². The van der Waals surface area contributed by atoms with Crippen molar-refractivity contribution >= 4 is 34.8 Å². The predicted molar refractivity (Wildman–Crippen MR) is 78.9 cm³/mol. The summed E-state index contributed by atoms with van der Waals surface area (Å²) in [7, 11) is 1.76. The second-order valence-electron chi connectivity index (χ2n) is 5.13. The van der Waals surface area contributed by atoms with E-state index in [1.807, 2.05) is 0 Å². The van der Waals surface area contributed by atoms with Crippen LogP contribution >= 0.6 is 23.2 Å². The van der Waals surface area contributed by atoms with Crippen molar-refractivity contribution < 1.29 is 9.90 Å². The Hall–Kier alpha value is -0.810. The quantitative estimate of drug-likeness (QED) is 0.879. The zero-order valence-electron chi connectivity index (χ0n) is 11.2. The number of aliphatic hydroxyl groups is 1. The van der Waals surface area contributed by atoms with Crippen molar-refractivity contribution in [2.75, 3.05) is 25.5 Å². The van der Waals surface area contributed by atoms with Crippen molar-refractivity contribution in [2.45, 2.75) is 19.4 Å². The number of carbonyl (C=O) groups excluding carboxylic acids is 1. The molecule has 1 aromatic carbocycles. The van der Waals surface area contributed by atoms with Crippen molar-refractivity contribution in [1.82, 2.24) is 4.90 Å². The van der Waals surface area contributed by atoms with Gasteiger partial charge in [-0.05, 0) is 33.0 Å². The molecule has 0 unspecified atom stereocenters. The molecule has 0 aromatic heterocycles. The zero-order valence-corrected chi connectivity index (χ0v) is 12.7. The molecule has 106 valence electrons. The number of halogens is 2. The highest BCUT2D eigenvalue weighted by atomic mass is 35.5. The second-order valence-corrected chi connectivity index (χ2v) is 5.94. The molecule has 1 aromatic rings. The van der Waals surface area contributed by atoms with E-state index < -0.39 is 5.60 Å². The van der Waals surface area contributed by atoms with E-state index in [0.717, 1.165) is 0 Å². The minimum absolute atomic E-state index is 0.144. The molecule has 0 saturated carbocycles. The van der Waals surface area contributed by atoms with E-state index in [1.165, 1.54) is 0 Å². The van der Waals surface area contributed by atoms with E-state index in [4.69, 9.17) is 23.2 Å². The molecule has 0 spiro atoms. The average molecular weight is 305 g/mol. The number of nitrogens with zero attached hydrogens (tertiary/aromatic N) is 1. The van der Waals surface area contributed by atoms with Gasteiger partial charge in [-0.3, -0.25) is 9.69 Å². The Bertz CT molecular complexity index is 438. The number of carbonyl (C=O) groups is 1. The minimum atomic E-state index is -0.850. The number of benzene rings is 1. The van der Waals surface area contributed by atoms with E-state index in [0.29, 0.717) is 22.3 Å². The van der Waals surface area contributed by atoms with Crippen LogP contribution in [0.25, 0.3) is 0 Å². The Morgan fingerprint density at radius 1 is 1.37 bits per heavy atom. The van der Waals surface area contributed by atoms with Crippen LogP contribution in [0.3, 0.4) is 0 Å². The predicted octanol–water partition coefficient (Wildman–Crippen LogP) is 2.63. The molecule has 0 aliphatic carbocycles. The number of hydrogen-bond acceptors (Lipinski definition) is 3. The molecule has 0 heterocycles. The maximum atomic E-state index is 11.9. The molecule has 0 bridgehead atoms. The van der Waals surface area contributed by atoms with E-state index >= 15 is 0 Å². The summed E-state index contributed by atoms with van der Waals surface area (Å²) in [4.78, 5) is 13.6. The maximum Gasteiger partial charge on any atom is 0.238 e. The van der Waals surface area contributed by atoms with E-state index in [9.17, 15) is 9.90 Å². The van der Waals surface area contributed by atoms with Gasteiger partial charge in [0.15, 0.2) is 0 Å². The Kier molecular flexibility index (Phi) is 5.62. The summed E-state index contributed by atoms with van der Waals surface area (Å²) in [5.74, 6) is -0.234. The lowest BCUT2D eigenvalue weighted by Gasteiger charge is -2.25. The standard InChI is InChI=1S/C13H18Cl2N2O2/c1-13(2,19)8-17(3)7-11(18)16-12-9(14)5-4-6-10(12)15/h4-6,19H,7-8H2,1-3H3,(H,16,18). The Balaban J connectivity index is 2.61. The first-order chi connectivity index (χ1) is 8.69. The average Bonchev–Trinajstić information content (AvgIpc) is 2.20. The molecule has 0 fully saturated rings. The molecule has 4 nitrogen and oxygen atoms in total. The third-order valence-electron chi connectivity index (χ3n) is 2.30. The molecule has 0 radical (unpaired) electrons. The van der Waals surface area contributed by atoms with E-state index in [1.54, 1.807) is 44.0 Å². The summed E-state index contributed by atoms with van der Waals surface area (Å²) >= 11 is 11.9. The van der Waals surface area contributed by atoms with Gasteiger partial charge in [0.1, 0.15) is 0 Å². The number of hydrogen-bond donors (Lipinski definition) is 2. The van der Waals surface area contributed by atoms with Crippen molar-refractivity contribution in [3.63, 3.8) is 0 Å². The molecular weight excluding hydrogens is 287 g/mol. The van der Waals surface area contributed by atoms with Crippen LogP contribution in [0.5, 0.6) is 0 Å². The summed E-state index contributed by atoms with van der Waals surface area (Å²) in [6, 6.07) is 5.02. The number of nitrogens with one attached hydrogen (secondary N) is 1. The van der Waals surface area contributed by atoms with Gasteiger partial charge in [0.25, 0.3) is 0 Å². The van der Waals surface area contributed by atoms with Gasteiger partial charge in [0.2, 0.25) is 5.91 Å². The third-order valence-corrected chi connectivity index (χ3v) is 2.93. The highest BCUT2D eigenvalue weighted by Crippen LogP contribution is 2.29. The molecule has 1 rings (SSSR count). The van der Waals surface area contributed by atoms with Crippen molar-refractivity contribution in [1.29, 1.82) is 0 Å². The Morgan fingerprint density at radius 2 is 1.89 bits per heavy atom. The molecular formula is C13H18Cl2N2O2. The number of amides is 1. The first-order valence-corrected chi connectivity index (χ1v) is 6.59. The zero-order chi connectivity index (χ0) is 14.6. The molecule has 0 aliphatic rings. The largest absolute Gasteiger partial charge is 0.389 e. The molecule has 0 saturated heterocycles. The summed E-state index contributed by atoms with van der Waals surface area (Å²) < 4.78 is 0. The molecule has 0 aliphatic heterocycles. The number of rotatable bonds is 5. The fraction of sp³-hybridized carbons (Fsp3) is 0.462. The van der Waals surface area contributed by atoms with Crippen molar-refractivity contribution in [3.8, 4) is 0 Å². The summed E-state index contributed by atoms with van der Waals surface area (Å²) in [6.07, 6.45) is 0. The Labute approximate surface area is 123 Å². The molecule has 6 heteroatoms. The lowest BCUT2D eigenvalue weighted by atomic mass is 10.1. The fourth-order valence-corrected chi connectivity index (χ4v) is 2.25. The van der Waals surface area contributed by atoms with Gasteiger partial charge in [-0.1, -0.05) is 29.3 Å². The van der Waals surface area contributed by atoms with Crippen LogP contribution < -0.4 is 5.32 Å². The lowest BCUT2D eigenvalue weighted by Crippen LogP contribution is -2.40. The SMILES string of the molecule is CN(CC(=O)Nc1c(Cl)cccc1Cl)CC(C)(C)O. The first kappa shape index (κ1) is 16.2. The van der Waals surface area contributed by atoms with Crippen LogP contribution in [0.1, 0.15) is 13.8 Å². The first-order valence-electron chi connectivity index (χ1n) is 5.84. The van der Waals surface area contributed by atoms with Crippen LogP contribution in [0.4, 0.5) is 5.69 Å². The number of para-hydroxylation sites is 1. The van der Waals surface area contributed by atoms with E-state index in [-0.39, 0.29) is 12.5 Å². The van der Waals surface area contributed by atoms with Crippen LogP contribution in [0.15, 0.2) is 18.2 Å². The highest BCUT2D eigenvalue weighted by Gasteiger charge is 2.18. The number of anilines is 1. The minimum Gasteiger partial charge on any atom is -0.389 e. The fourth-order valence-electron chi connectivity index (χ4n) is 1.76. The van der Waals surface area contributed by atoms with E-state index in [2.05, 4.69) is 5.32 Å². The third kappa shape index (κ3) is 5.78. The van der Waals surface area contributed by atoms with Crippen molar-refractivity contribution in [3.05, 3.63) is 28.2 Å². The molecule has 0 atom stereocenters. The molecule has 1 amide bonds. The van der Waals surface area contributed by atoms with Gasteiger partial charge in [-0.2, -0.15) is 0 Å². The van der Waals surface area contributed by atoms with Crippen molar-refractivity contribution in [2.24, 2.45) is 0 Å². The van der Waals surface area contributed by atoms with Gasteiger partial charge in [-0.15, -0.1) is 0 Å². The topological polar surface area (TPSA) is 52.6 Å². The van der Waals surface area contributed by atoms with Gasteiger partial charge >= 0.3 is 0 Å². The monoisotopic (exact) mass is 304 g/mol.